The van der Waals surface area contributed by atoms with Crippen molar-refractivity contribution in [3.63, 3.8) is 0 Å². The molecule has 0 aliphatic heterocycles. The summed E-state index contributed by atoms with van der Waals surface area (Å²) in [6.45, 7) is 2.05. The van der Waals surface area contributed by atoms with E-state index < -0.39 is 0 Å². The average Bonchev–Trinajstić information content (AvgIpc) is 2.31. The molecule has 82 valence electrons. The molecule has 0 saturated heterocycles. The van der Waals surface area contributed by atoms with Crippen molar-refractivity contribution in [3.05, 3.63) is 35.4 Å². The lowest BCUT2D eigenvalue weighted by molar-refractivity contribution is 0.898. The van der Waals surface area contributed by atoms with E-state index in [1.165, 1.54) is 34.7 Å². The Bertz CT molecular complexity index is 383. The topological polar surface area (TPSA) is 47.6 Å². The first-order chi connectivity index (χ1) is 7.77. The summed E-state index contributed by atoms with van der Waals surface area (Å²) in [4.78, 5) is 0. The van der Waals surface area contributed by atoms with Crippen molar-refractivity contribution in [3.8, 4) is 10.8 Å². The second-order valence-electron chi connectivity index (χ2n) is 3.41. The average molecular weight is 248 g/mol. The van der Waals surface area contributed by atoms with Crippen LogP contribution < -0.4 is 0 Å². The first kappa shape index (κ1) is 13.0. The van der Waals surface area contributed by atoms with E-state index in [-0.39, 0.29) is 5.92 Å². The number of thiocyanates is 2. The van der Waals surface area contributed by atoms with E-state index in [0.717, 1.165) is 11.5 Å². The molecule has 0 unspecified atom stereocenters. The highest BCUT2D eigenvalue weighted by atomic mass is 32.2. The van der Waals surface area contributed by atoms with Crippen LogP contribution in [-0.2, 0) is 0 Å². The van der Waals surface area contributed by atoms with Gasteiger partial charge in [0, 0.05) is 17.4 Å². The Morgan fingerprint density at radius 3 is 2.00 bits per heavy atom. The van der Waals surface area contributed by atoms with Gasteiger partial charge >= 0.3 is 0 Å². The summed E-state index contributed by atoms with van der Waals surface area (Å²) in [5.41, 5.74) is 2.43. The fourth-order valence-electron chi connectivity index (χ4n) is 1.35. The van der Waals surface area contributed by atoms with Crippen LogP contribution >= 0.6 is 23.5 Å². The molecule has 0 fully saturated rings. The lowest BCUT2D eigenvalue weighted by Crippen LogP contribution is -2.04. The van der Waals surface area contributed by atoms with Crippen molar-refractivity contribution in [2.45, 2.75) is 12.8 Å². The third-order valence-corrected chi connectivity index (χ3v) is 3.64. The van der Waals surface area contributed by atoms with Crippen LogP contribution in [0.25, 0.3) is 0 Å². The summed E-state index contributed by atoms with van der Waals surface area (Å²) in [6.07, 6.45) is 0. The first-order valence-electron chi connectivity index (χ1n) is 4.86. The second kappa shape index (κ2) is 7.22. The lowest BCUT2D eigenvalue weighted by Gasteiger charge is -2.13. The fourth-order valence-corrected chi connectivity index (χ4v) is 2.68. The van der Waals surface area contributed by atoms with Crippen molar-refractivity contribution in [2.24, 2.45) is 0 Å². The minimum absolute atomic E-state index is 0.273. The Morgan fingerprint density at radius 1 is 1.06 bits per heavy atom. The van der Waals surface area contributed by atoms with Gasteiger partial charge in [0.25, 0.3) is 0 Å². The molecule has 0 spiro atoms. The van der Waals surface area contributed by atoms with E-state index in [2.05, 4.69) is 35.1 Å². The van der Waals surface area contributed by atoms with Crippen LogP contribution in [0.4, 0.5) is 0 Å². The zero-order valence-electron chi connectivity index (χ0n) is 9.01. The predicted molar refractivity (Wildman–Crippen MR) is 70.1 cm³/mol. The fraction of sp³-hybridized carbons (Fsp3) is 0.333. The summed E-state index contributed by atoms with van der Waals surface area (Å²) in [7, 11) is 0. The van der Waals surface area contributed by atoms with Gasteiger partial charge in [-0.2, -0.15) is 10.5 Å². The van der Waals surface area contributed by atoms with Gasteiger partial charge in [0.1, 0.15) is 10.8 Å². The first-order valence-corrected chi connectivity index (χ1v) is 6.83. The van der Waals surface area contributed by atoms with Crippen LogP contribution in [0.2, 0.25) is 0 Å². The predicted octanol–water partition coefficient (Wildman–Crippen LogP) is 3.51. The normalized spacial score (nSPS) is 9.75. The van der Waals surface area contributed by atoms with Crippen LogP contribution in [-0.4, -0.2) is 11.5 Å². The van der Waals surface area contributed by atoms with E-state index in [0.29, 0.717) is 0 Å². The molecule has 1 aromatic rings. The molecule has 16 heavy (non-hydrogen) atoms. The van der Waals surface area contributed by atoms with Gasteiger partial charge in [0.2, 0.25) is 0 Å². The van der Waals surface area contributed by atoms with Gasteiger partial charge in [-0.25, -0.2) is 0 Å². The summed E-state index contributed by atoms with van der Waals surface area (Å²) >= 11 is 2.50. The molecule has 0 amide bonds. The highest BCUT2D eigenvalue weighted by molar-refractivity contribution is 8.04. The van der Waals surface area contributed by atoms with Crippen LogP contribution in [0.15, 0.2) is 24.3 Å². The van der Waals surface area contributed by atoms with Crippen LogP contribution in [0, 0.1) is 28.3 Å². The monoisotopic (exact) mass is 248 g/mol. The molecular formula is C12H12N2S2. The molecule has 1 rings (SSSR count). The van der Waals surface area contributed by atoms with Crippen molar-refractivity contribution in [1.29, 1.82) is 10.5 Å². The largest absolute Gasteiger partial charge is 0.185 e. The van der Waals surface area contributed by atoms with Gasteiger partial charge in [-0.05, 0) is 36.0 Å². The molecule has 0 heterocycles. The Hall–Kier alpha value is -1.10. The van der Waals surface area contributed by atoms with Crippen LogP contribution in [0.1, 0.15) is 17.0 Å². The van der Waals surface area contributed by atoms with Crippen molar-refractivity contribution in [2.75, 3.05) is 11.5 Å². The number of aryl methyl sites for hydroxylation is 1. The molecular weight excluding hydrogens is 236 g/mol. The molecule has 0 saturated carbocycles. The Balaban J connectivity index is 2.71. The summed E-state index contributed by atoms with van der Waals surface area (Å²) < 4.78 is 0. The highest BCUT2D eigenvalue weighted by Crippen LogP contribution is 2.24. The maximum atomic E-state index is 8.57. The lowest BCUT2D eigenvalue weighted by atomic mass is 10.0. The second-order valence-corrected chi connectivity index (χ2v) is 5.02. The Kier molecular flexibility index (Phi) is 5.85. The van der Waals surface area contributed by atoms with Gasteiger partial charge in [0.05, 0.1) is 0 Å². The van der Waals surface area contributed by atoms with Gasteiger partial charge in [-0.15, -0.1) is 0 Å². The number of thioether (sulfide) groups is 2. The number of hydrogen-bond acceptors (Lipinski definition) is 4. The van der Waals surface area contributed by atoms with Gasteiger partial charge in [-0.1, -0.05) is 29.8 Å². The summed E-state index contributed by atoms with van der Waals surface area (Å²) in [5.74, 6) is 1.76. The SMILES string of the molecule is Cc1ccc(C(CSC#N)CSC#N)cc1. The maximum absolute atomic E-state index is 8.57. The zero-order chi connectivity index (χ0) is 11.8. The number of rotatable bonds is 5. The van der Waals surface area contributed by atoms with Crippen molar-refractivity contribution >= 4 is 23.5 Å². The van der Waals surface area contributed by atoms with Crippen LogP contribution in [0.5, 0.6) is 0 Å². The van der Waals surface area contributed by atoms with Gasteiger partial charge < -0.3 is 0 Å². The van der Waals surface area contributed by atoms with E-state index in [1.54, 1.807) is 0 Å². The molecule has 0 aliphatic carbocycles. The van der Waals surface area contributed by atoms with Crippen molar-refractivity contribution in [1.82, 2.24) is 0 Å². The molecule has 0 aliphatic rings. The molecule has 1 aromatic carbocycles. The Morgan fingerprint density at radius 2 is 1.56 bits per heavy atom. The van der Waals surface area contributed by atoms with Crippen LogP contribution in [0.3, 0.4) is 0 Å². The summed E-state index contributed by atoms with van der Waals surface area (Å²) in [5, 5.41) is 21.3. The number of nitrogens with zero attached hydrogens (tertiary/aromatic N) is 2. The third-order valence-electron chi connectivity index (χ3n) is 2.25. The standard InChI is InChI=1S/C12H12N2S2/c1-10-2-4-11(5-3-10)12(6-15-8-13)7-16-9-14/h2-5,12H,6-7H2,1H3. The maximum Gasteiger partial charge on any atom is 0.133 e. The van der Waals surface area contributed by atoms with Gasteiger partial charge in [0.15, 0.2) is 0 Å². The highest BCUT2D eigenvalue weighted by Gasteiger charge is 2.11. The van der Waals surface area contributed by atoms with E-state index in [9.17, 15) is 0 Å². The molecule has 0 bridgehead atoms. The zero-order valence-corrected chi connectivity index (χ0v) is 10.6. The van der Waals surface area contributed by atoms with Crippen molar-refractivity contribution < 1.29 is 0 Å². The number of benzene rings is 1. The van der Waals surface area contributed by atoms with E-state index >= 15 is 0 Å². The molecule has 0 radical (unpaired) electrons. The third kappa shape index (κ3) is 4.18. The smallest absolute Gasteiger partial charge is 0.133 e. The summed E-state index contributed by atoms with van der Waals surface area (Å²) in [6, 6.07) is 8.29. The molecule has 0 N–H and O–H groups in total. The van der Waals surface area contributed by atoms with E-state index in [1.807, 2.05) is 6.92 Å². The quantitative estimate of drug-likeness (QED) is 0.748. The molecule has 4 heteroatoms. The molecule has 0 atom stereocenters. The van der Waals surface area contributed by atoms with E-state index in [4.69, 9.17) is 10.5 Å². The number of hydrogen-bond donors (Lipinski definition) is 0. The minimum Gasteiger partial charge on any atom is -0.185 e. The minimum atomic E-state index is 0.273. The Labute approximate surface area is 105 Å². The molecule has 2 nitrogen and oxygen atoms in total. The van der Waals surface area contributed by atoms with Gasteiger partial charge in [-0.3, -0.25) is 0 Å². The molecule has 0 aromatic heterocycles. The number of nitriles is 2.